The zero-order valence-corrected chi connectivity index (χ0v) is 16.2. The number of hydrogen-bond acceptors (Lipinski definition) is 3. The Hall–Kier alpha value is -1.38. The van der Waals surface area contributed by atoms with Gasteiger partial charge in [0, 0.05) is 12.6 Å². The van der Waals surface area contributed by atoms with E-state index in [0.717, 1.165) is 13.0 Å². The first-order valence-corrected chi connectivity index (χ1v) is 10.5. The molecular weight excluding hydrogens is 310 g/mol. The van der Waals surface area contributed by atoms with Gasteiger partial charge in [0.05, 0.1) is 5.70 Å². The van der Waals surface area contributed by atoms with Gasteiger partial charge in [0.2, 0.25) is 5.78 Å². The molecule has 0 aromatic carbocycles. The van der Waals surface area contributed by atoms with Gasteiger partial charge in [-0.2, -0.15) is 0 Å². The molecule has 25 heavy (non-hydrogen) atoms. The van der Waals surface area contributed by atoms with Crippen LogP contribution in [0.25, 0.3) is 0 Å². The van der Waals surface area contributed by atoms with Gasteiger partial charge in [-0.25, -0.2) is 0 Å². The van der Waals surface area contributed by atoms with E-state index in [0.29, 0.717) is 5.70 Å². The summed E-state index contributed by atoms with van der Waals surface area (Å²) in [5, 5.41) is 3.08. The van der Waals surface area contributed by atoms with Gasteiger partial charge in [-0.3, -0.25) is 9.59 Å². The minimum atomic E-state index is -0.108. The van der Waals surface area contributed by atoms with Crippen LogP contribution in [0.2, 0.25) is 0 Å². The molecule has 1 aliphatic rings. The normalized spacial score (nSPS) is 14.0. The predicted molar refractivity (Wildman–Crippen MR) is 106 cm³/mol. The molecule has 0 heterocycles. The summed E-state index contributed by atoms with van der Waals surface area (Å²) in [6.07, 6.45) is 22.9. The average molecular weight is 348 g/mol. The third-order valence-electron chi connectivity index (χ3n) is 4.80. The Bertz CT molecular complexity index is 437. The first-order chi connectivity index (χ1) is 12.2. The minimum absolute atomic E-state index is 0.0926. The zero-order valence-electron chi connectivity index (χ0n) is 16.2. The number of carbonyl (C=O) groups is 2. The van der Waals surface area contributed by atoms with E-state index in [-0.39, 0.29) is 11.6 Å². The molecule has 0 bridgehead atoms. The Morgan fingerprint density at radius 2 is 1.16 bits per heavy atom. The Labute approximate surface area is 154 Å². The van der Waals surface area contributed by atoms with Crippen LogP contribution in [0.5, 0.6) is 0 Å². The van der Waals surface area contributed by atoms with Gasteiger partial charge < -0.3 is 5.32 Å². The fourth-order valence-electron chi connectivity index (χ4n) is 3.19. The van der Waals surface area contributed by atoms with E-state index >= 15 is 0 Å². The maximum absolute atomic E-state index is 11.5. The Morgan fingerprint density at radius 3 is 1.68 bits per heavy atom. The van der Waals surface area contributed by atoms with Crippen molar-refractivity contribution >= 4 is 11.6 Å². The number of nitrogens with one attached hydrogen (secondary N) is 1. The highest BCUT2D eigenvalue weighted by atomic mass is 16.1. The SMILES string of the molecule is CCCCCCCCCCCCCCCCNC1=CC(=O)C=CC1=O. The summed E-state index contributed by atoms with van der Waals surface area (Å²) in [5.74, 6) is -0.201. The van der Waals surface area contributed by atoms with Crippen LogP contribution in [-0.4, -0.2) is 18.1 Å². The molecule has 0 atom stereocenters. The van der Waals surface area contributed by atoms with E-state index in [2.05, 4.69) is 12.2 Å². The van der Waals surface area contributed by atoms with E-state index in [9.17, 15) is 9.59 Å². The number of carbonyl (C=O) groups excluding carboxylic acids is 2. The predicted octanol–water partition coefficient (Wildman–Crippen LogP) is 5.65. The lowest BCUT2D eigenvalue weighted by Crippen LogP contribution is -2.23. The van der Waals surface area contributed by atoms with Crippen LogP contribution in [0.1, 0.15) is 96.8 Å². The smallest absolute Gasteiger partial charge is 0.201 e. The summed E-state index contributed by atoms with van der Waals surface area (Å²) >= 11 is 0. The molecule has 0 fully saturated rings. The minimum Gasteiger partial charge on any atom is -0.382 e. The number of rotatable bonds is 16. The van der Waals surface area contributed by atoms with Crippen LogP contribution >= 0.6 is 0 Å². The lowest BCUT2D eigenvalue weighted by molar-refractivity contribution is -0.114. The average Bonchev–Trinajstić information content (AvgIpc) is 2.61. The third kappa shape index (κ3) is 11.7. The van der Waals surface area contributed by atoms with E-state index in [1.807, 2.05) is 0 Å². The highest BCUT2D eigenvalue weighted by molar-refractivity contribution is 6.16. The standard InChI is InChI=1S/C22H37NO2/c1-2-3-4-5-6-7-8-9-10-11-12-13-14-15-18-23-21-19-20(24)16-17-22(21)25/h16-17,19,23H,2-15,18H2,1H3. The van der Waals surface area contributed by atoms with Crippen molar-refractivity contribution in [2.45, 2.75) is 96.8 Å². The van der Waals surface area contributed by atoms with Crippen molar-refractivity contribution in [3.63, 3.8) is 0 Å². The van der Waals surface area contributed by atoms with Gasteiger partial charge in [0.25, 0.3) is 0 Å². The zero-order chi connectivity index (χ0) is 18.2. The maximum Gasteiger partial charge on any atom is 0.201 e. The van der Waals surface area contributed by atoms with Gasteiger partial charge in [-0.15, -0.1) is 0 Å². The molecule has 3 heteroatoms. The molecule has 0 aromatic rings. The van der Waals surface area contributed by atoms with Crippen molar-refractivity contribution in [2.75, 3.05) is 6.54 Å². The van der Waals surface area contributed by atoms with Crippen molar-refractivity contribution in [1.29, 1.82) is 0 Å². The highest BCUT2D eigenvalue weighted by Gasteiger charge is 2.11. The fourth-order valence-corrected chi connectivity index (χ4v) is 3.19. The first-order valence-electron chi connectivity index (χ1n) is 10.5. The van der Waals surface area contributed by atoms with E-state index in [1.54, 1.807) is 0 Å². The number of ketones is 2. The van der Waals surface area contributed by atoms with Crippen molar-refractivity contribution in [2.24, 2.45) is 0 Å². The number of allylic oxidation sites excluding steroid dienone is 3. The summed E-state index contributed by atoms with van der Waals surface area (Å²) in [6, 6.07) is 0. The van der Waals surface area contributed by atoms with Gasteiger partial charge in [0.15, 0.2) is 5.78 Å². The fraction of sp³-hybridized carbons (Fsp3) is 0.727. The lowest BCUT2D eigenvalue weighted by Gasteiger charge is -2.10. The largest absolute Gasteiger partial charge is 0.382 e. The molecule has 0 saturated heterocycles. The molecule has 3 nitrogen and oxygen atoms in total. The molecule has 0 aliphatic heterocycles. The van der Waals surface area contributed by atoms with Crippen molar-refractivity contribution in [3.05, 3.63) is 23.9 Å². The van der Waals surface area contributed by atoms with Crippen LogP contribution in [-0.2, 0) is 9.59 Å². The summed E-state index contributed by atoms with van der Waals surface area (Å²) in [5.41, 5.74) is 0.446. The molecule has 0 radical (unpaired) electrons. The summed E-state index contributed by atoms with van der Waals surface area (Å²) < 4.78 is 0. The van der Waals surface area contributed by atoms with Crippen LogP contribution in [0.3, 0.4) is 0 Å². The molecule has 0 amide bonds. The van der Waals surface area contributed by atoms with Gasteiger partial charge in [-0.05, 0) is 18.6 Å². The van der Waals surface area contributed by atoms with Crippen molar-refractivity contribution < 1.29 is 9.59 Å². The van der Waals surface area contributed by atoms with E-state index < -0.39 is 0 Å². The van der Waals surface area contributed by atoms with Crippen molar-refractivity contribution in [3.8, 4) is 0 Å². The van der Waals surface area contributed by atoms with Gasteiger partial charge in [-0.1, -0.05) is 90.4 Å². The highest BCUT2D eigenvalue weighted by Crippen LogP contribution is 2.13. The third-order valence-corrected chi connectivity index (χ3v) is 4.80. The summed E-state index contributed by atoms with van der Waals surface area (Å²) in [7, 11) is 0. The molecule has 1 rings (SSSR count). The molecule has 1 N–H and O–H groups in total. The molecule has 142 valence electrons. The Kier molecular flexibility index (Phi) is 12.9. The molecule has 0 saturated carbocycles. The van der Waals surface area contributed by atoms with Gasteiger partial charge >= 0.3 is 0 Å². The van der Waals surface area contributed by atoms with Crippen molar-refractivity contribution in [1.82, 2.24) is 5.32 Å². The first kappa shape index (κ1) is 21.7. The second kappa shape index (κ2) is 14.9. The molecular formula is C22H37NO2. The Morgan fingerprint density at radius 1 is 0.680 bits per heavy atom. The van der Waals surface area contributed by atoms with Gasteiger partial charge in [0.1, 0.15) is 0 Å². The quantitative estimate of drug-likeness (QED) is 0.290. The summed E-state index contributed by atoms with van der Waals surface area (Å²) in [4.78, 5) is 22.8. The molecule has 0 spiro atoms. The van der Waals surface area contributed by atoms with Crippen LogP contribution in [0.15, 0.2) is 23.9 Å². The summed E-state index contributed by atoms with van der Waals surface area (Å²) in [6.45, 7) is 3.04. The topological polar surface area (TPSA) is 46.2 Å². The van der Waals surface area contributed by atoms with Crippen LogP contribution in [0.4, 0.5) is 0 Å². The second-order valence-electron chi connectivity index (χ2n) is 7.18. The van der Waals surface area contributed by atoms with E-state index in [1.165, 1.54) is 102 Å². The number of unbranched alkanes of at least 4 members (excludes halogenated alkanes) is 13. The van der Waals surface area contributed by atoms with Crippen LogP contribution in [0, 0.1) is 0 Å². The maximum atomic E-state index is 11.5. The van der Waals surface area contributed by atoms with E-state index in [4.69, 9.17) is 0 Å². The van der Waals surface area contributed by atoms with Crippen LogP contribution < -0.4 is 5.32 Å². The molecule has 0 unspecified atom stereocenters. The monoisotopic (exact) mass is 347 g/mol. The lowest BCUT2D eigenvalue weighted by atomic mass is 10.0. The Balaban J connectivity index is 1.80. The second-order valence-corrected chi connectivity index (χ2v) is 7.18. The number of hydrogen-bond donors (Lipinski definition) is 1. The molecule has 1 aliphatic carbocycles. The molecule has 0 aromatic heterocycles.